The third-order valence-corrected chi connectivity index (χ3v) is 6.06. The smallest absolute Gasteiger partial charge is 0.225 e. The Morgan fingerprint density at radius 2 is 1.74 bits per heavy atom. The Balaban J connectivity index is 1.38. The average Bonchev–Trinajstić information content (AvgIpc) is 2.64. The van der Waals surface area contributed by atoms with Crippen LogP contribution in [0.2, 0.25) is 0 Å². The predicted molar refractivity (Wildman–Crippen MR) is 90.6 cm³/mol. The highest BCUT2D eigenvalue weighted by atomic mass is 16.5. The maximum atomic E-state index is 5.52. The molecule has 1 spiro atoms. The van der Waals surface area contributed by atoms with Gasteiger partial charge < -0.3 is 14.5 Å². The lowest BCUT2D eigenvalue weighted by Crippen LogP contribution is -2.52. The number of hydrogen-bond acceptors (Lipinski definition) is 5. The van der Waals surface area contributed by atoms with Crippen LogP contribution >= 0.6 is 0 Å². The molecule has 126 valence electrons. The molecule has 0 aliphatic carbocycles. The molecule has 4 rings (SSSR count). The Morgan fingerprint density at radius 1 is 1.00 bits per heavy atom. The van der Waals surface area contributed by atoms with E-state index in [-0.39, 0.29) is 0 Å². The second kappa shape index (κ2) is 6.73. The van der Waals surface area contributed by atoms with E-state index in [1.807, 2.05) is 18.5 Å². The van der Waals surface area contributed by atoms with E-state index in [0.29, 0.717) is 5.41 Å². The number of likely N-dealkylation sites (tertiary alicyclic amines) is 1. The highest BCUT2D eigenvalue weighted by Crippen LogP contribution is 2.41. The lowest BCUT2D eigenvalue weighted by molar-refractivity contribution is 0.00221. The molecule has 1 aromatic rings. The van der Waals surface area contributed by atoms with E-state index in [4.69, 9.17) is 4.74 Å². The van der Waals surface area contributed by atoms with Gasteiger partial charge in [-0.1, -0.05) is 0 Å². The van der Waals surface area contributed by atoms with Gasteiger partial charge in [0.15, 0.2) is 0 Å². The highest BCUT2D eigenvalue weighted by Gasteiger charge is 2.40. The van der Waals surface area contributed by atoms with Crippen molar-refractivity contribution < 1.29 is 4.74 Å². The first-order valence-corrected chi connectivity index (χ1v) is 9.19. The van der Waals surface area contributed by atoms with E-state index in [0.717, 1.165) is 38.3 Å². The zero-order valence-electron chi connectivity index (χ0n) is 14.0. The molecule has 0 amide bonds. The quantitative estimate of drug-likeness (QED) is 0.838. The van der Waals surface area contributed by atoms with Crippen LogP contribution in [-0.4, -0.2) is 60.3 Å². The molecule has 3 aliphatic rings. The zero-order valence-corrected chi connectivity index (χ0v) is 14.0. The van der Waals surface area contributed by atoms with E-state index < -0.39 is 0 Å². The van der Waals surface area contributed by atoms with Gasteiger partial charge in [0.1, 0.15) is 0 Å². The Kier molecular flexibility index (Phi) is 4.49. The van der Waals surface area contributed by atoms with Crippen LogP contribution in [0.15, 0.2) is 18.5 Å². The van der Waals surface area contributed by atoms with E-state index in [2.05, 4.69) is 19.8 Å². The number of nitrogens with zero attached hydrogens (tertiary/aromatic N) is 4. The first-order chi connectivity index (χ1) is 11.3. The van der Waals surface area contributed by atoms with Crippen molar-refractivity contribution >= 4 is 5.95 Å². The molecule has 0 unspecified atom stereocenters. The maximum absolute atomic E-state index is 5.52. The van der Waals surface area contributed by atoms with E-state index in [1.54, 1.807) is 0 Å². The first-order valence-electron chi connectivity index (χ1n) is 9.19. The van der Waals surface area contributed by atoms with Gasteiger partial charge in [-0.25, -0.2) is 9.97 Å². The van der Waals surface area contributed by atoms with Crippen molar-refractivity contribution in [1.29, 1.82) is 0 Å². The monoisotopic (exact) mass is 316 g/mol. The molecule has 0 radical (unpaired) electrons. The van der Waals surface area contributed by atoms with Crippen LogP contribution < -0.4 is 4.90 Å². The molecule has 3 saturated heterocycles. The van der Waals surface area contributed by atoms with Gasteiger partial charge in [-0.3, -0.25) is 0 Å². The van der Waals surface area contributed by atoms with Crippen molar-refractivity contribution in [2.75, 3.05) is 44.3 Å². The molecule has 0 saturated carbocycles. The number of rotatable bonds is 2. The van der Waals surface area contributed by atoms with Gasteiger partial charge in [-0.05, 0) is 63.1 Å². The minimum atomic E-state index is 0.485. The summed E-state index contributed by atoms with van der Waals surface area (Å²) >= 11 is 0. The third kappa shape index (κ3) is 3.36. The van der Waals surface area contributed by atoms with Gasteiger partial charge in [0, 0.05) is 44.7 Å². The Bertz CT molecular complexity index is 495. The van der Waals surface area contributed by atoms with Crippen molar-refractivity contribution in [1.82, 2.24) is 14.9 Å². The van der Waals surface area contributed by atoms with Crippen molar-refractivity contribution in [2.24, 2.45) is 5.41 Å². The molecule has 0 bridgehead atoms. The van der Waals surface area contributed by atoms with Crippen LogP contribution in [0.25, 0.3) is 0 Å². The van der Waals surface area contributed by atoms with Crippen LogP contribution in [0.5, 0.6) is 0 Å². The van der Waals surface area contributed by atoms with Crippen LogP contribution in [0, 0.1) is 5.41 Å². The van der Waals surface area contributed by atoms with E-state index in [9.17, 15) is 0 Å². The summed E-state index contributed by atoms with van der Waals surface area (Å²) in [5.41, 5.74) is 0.485. The molecule has 5 nitrogen and oxygen atoms in total. The Morgan fingerprint density at radius 3 is 2.48 bits per heavy atom. The fourth-order valence-electron chi connectivity index (χ4n) is 4.66. The lowest BCUT2D eigenvalue weighted by atomic mass is 9.72. The molecule has 3 fully saturated rings. The van der Waals surface area contributed by atoms with Crippen molar-refractivity contribution in [3.05, 3.63) is 18.5 Å². The van der Waals surface area contributed by atoms with Gasteiger partial charge in [-0.15, -0.1) is 0 Å². The van der Waals surface area contributed by atoms with E-state index in [1.165, 1.54) is 51.6 Å². The number of ether oxygens (including phenoxy) is 1. The normalized spacial score (nSPS) is 26.5. The maximum Gasteiger partial charge on any atom is 0.225 e. The summed E-state index contributed by atoms with van der Waals surface area (Å²) in [6.07, 6.45) is 11.5. The number of aromatic nitrogens is 2. The molecule has 4 heterocycles. The standard InChI is InChI=1S/C18H28N4O/c1-5-18(15-22(10-1)17-19-8-2-9-20-17)6-11-21(12-7-18)16-3-13-23-14-4-16/h2,8-9,16H,1,3-7,10-15H2. The largest absolute Gasteiger partial charge is 0.381 e. The van der Waals surface area contributed by atoms with Gasteiger partial charge in [-0.2, -0.15) is 0 Å². The fraction of sp³-hybridized carbons (Fsp3) is 0.778. The average molecular weight is 316 g/mol. The summed E-state index contributed by atoms with van der Waals surface area (Å²) in [6.45, 7) is 6.66. The molecule has 0 aromatic carbocycles. The zero-order chi connectivity index (χ0) is 15.5. The molecular weight excluding hydrogens is 288 g/mol. The summed E-state index contributed by atoms with van der Waals surface area (Å²) < 4.78 is 5.52. The second-order valence-electron chi connectivity index (χ2n) is 7.45. The summed E-state index contributed by atoms with van der Waals surface area (Å²) in [5, 5.41) is 0. The van der Waals surface area contributed by atoms with E-state index >= 15 is 0 Å². The predicted octanol–water partition coefficient (Wildman–Crippen LogP) is 2.34. The summed E-state index contributed by atoms with van der Waals surface area (Å²) in [5.74, 6) is 0.915. The van der Waals surface area contributed by atoms with Crippen molar-refractivity contribution in [3.8, 4) is 0 Å². The number of piperidine rings is 2. The lowest BCUT2D eigenvalue weighted by Gasteiger charge is -2.49. The molecule has 5 heteroatoms. The Hall–Kier alpha value is -1.20. The van der Waals surface area contributed by atoms with Crippen LogP contribution in [-0.2, 0) is 4.74 Å². The first kappa shape index (κ1) is 15.3. The second-order valence-corrected chi connectivity index (χ2v) is 7.45. The van der Waals surface area contributed by atoms with Crippen molar-refractivity contribution in [2.45, 2.75) is 44.6 Å². The minimum Gasteiger partial charge on any atom is -0.381 e. The molecule has 1 aromatic heterocycles. The van der Waals surface area contributed by atoms with Crippen LogP contribution in [0.4, 0.5) is 5.95 Å². The van der Waals surface area contributed by atoms with Crippen molar-refractivity contribution in [3.63, 3.8) is 0 Å². The third-order valence-electron chi connectivity index (χ3n) is 6.06. The Labute approximate surface area is 139 Å². The molecule has 0 atom stereocenters. The van der Waals surface area contributed by atoms with Gasteiger partial charge >= 0.3 is 0 Å². The fourth-order valence-corrected chi connectivity index (χ4v) is 4.66. The minimum absolute atomic E-state index is 0.485. The summed E-state index contributed by atoms with van der Waals surface area (Å²) in [7, 11) is 0. The van der Waals surface area contributed by atoms with Crippen LogP contribution in [0.1, 0.15) is 38.5 Å². The van der Waals surface area contributed by atoms with Gasteiger partial charge in [0.05, 0.1) is 0 Å². The molecule has 3 aliphatic heterocycles. The molecule has 23 heavy (non-hydrogen) atoms. The summed E-state index contributed by atoms with van der Waals surface area (Å²) in [4.78, 5) is 14.1. The highest BCUT2D eigenvalue weighted by molar-refractivity contribution is 5.30. The van der Waals surface area contributed by atoms with Gasteiger partial charge in [0.2, 0.25) is 5.95 Å². The summed E-state index contributed by atoms with van der Waals surface area (Å²) in [6, 6.07) is 2.66. The number of anilines is 1. The molecule has 0 N–H and O–H groups in total. The number of hydrogen-bond donors (Lipinski definition) is 0. The van der Waals surface area contributed by atoms with Crippen LogP contribution in [0.3, 0.4) is 0 Å². The SMILES string of the molecule is c1cnc(N2CCCC3(CCN(C4CCOCC4)CC3)C2)nc1. The van der Waals surface area contributed by atoms with Gasteiger partial charge in [0.25, 0.3) is 0 Å². The molecular formula is C18H28N4O. The topological polar surface area (TPSA) is 41.5 Å².